The molecular formula is C19H17Cl2NO5. The van der Waals surface area contributed by atoms with E-state index < -0.39 is 18.0 Å². The van der Waals surface area contributed by atoms with Gasteiger partial charge in [0, 0.05) is 11.1 Å². The fourth-order valence-electron chi connectivity index (χ4n) is 2.06. The summed E-state index contributed by atoms with van der Waals surface area (Å²) in [6.45, 7) is 1.43. The maximum absolute atomic E-state index is 12.1. The minimum Gasteiger partial charge on any atom is -0.504 e. The van der Waals surface area contributed by atoms with Crippen LogP contribution in [0.3, 0.4) is 0 Å². The SMILES string of the molecule is COc1cc(/C=C/C(=O)O[C@@H](C)C(=O)Nc2cc(Cl)ccc2Cl)ccc1O. The Kier molecular flexibility index (Phi) is 7.10. The maximum atomic E-state index is 12.1. The second-order valence-corrected chi connectivity index (χ2v) is 6.30. The van der Waals surface area contributed by atoms with Gasteiger partial charge in [-0.15, -0.1) is 0 Å². The molecule has 0 aliphatic carbocycles. The molecule has 0 saturated carbocycles. The van der Waals surface area contributed by atoms with E-state index >= 15 is 0 Å². The molecule has 6 nitrogen and oxygen atoms in total. The van der Waals surface area contributed by atoms with Crippen LogP contribution in [-0.2, 0) is 14.3 Å². The molecule has 0 aromatic heterocycles. The average Bonchev–Trinajstić information content (AvgIpc) is 2.63. The summed E-state index contributed by atoms with van der Waals surface area (Å²) in [5.41, 5.74) is 0.938. The summed E-state index contributed by atoms with van der Waals surface area (Å²) in [5, 5.41) is 12.8. The Balaban J connectivity index is 1.96. The molecule has 1 atom stereocenters. The molecule has 0 heterocycles. The summed E-state index contributed by atoms with van der Waals surface area (Å²) >= 11 is 11.8. The Morgan fingerprint density at radius 1 is 1.19 bits per heavy atom. The lowest BCUT2D eigenvalue weighted by atomic mass is 10.2. The predicted octanol–water partition coefficient (Wildman–Crippen LogP) is 4.29. The monoisotopic (exact) mass is 409 g/mol. The van der Waals surface area contributed by atoms with E-state index in [-0.39, 0.29) is 11.5 Å². The number of ether oxygens (including phenoxy) is 2. The first kappa shape index (κ1) is 20.6. The normalized spacial score (nSPS) is 11.9. The number of phenols is 1. The number of halogens is 2. The number of aromatic hydroxyl groups is 1. The van der Waals surface area contributed by atoms with Crippen molar-refractivity contribution in [3.63, 3.8) is 0 Å². The first-order valence-corrected chi connectivity index (χ1v) is 8.57. The van der Waals surface area contributed by atoms with Gasteiger partial charge in [0.2, 0.25) is 0 Å². The Labute approximate surface area is 166 Å². The molecule has 0 saturated heterocycles. The number of nitrogens with one attached hydrogen (secondary N) is 1. The van der Waals surface area contributed by atoms with E-state index in [1.807, 2.05) is 0 Å². The van der Waals surface area contributed by atoms with Crippen LogP contribution in [0, 0.1) is 0 Å². The van der Waals surface area contributed by atoms with Crippen LogP contribution in [0.2, 0.25) is 10.0 Å². The summed E-state index contributed by atoms with van der Waals surface area (Å²) in [4.78, 5) is 24.1. The molecule has 0 radical (unpaired) electrons. The number of methoxy groups -OCH3 is 1. The largest absolute Gasteiger partial charge is 0.504 e. The van der Waals surface area contributed by atoms with Gasteiger partial charge in [0.1, 0.15) is 0 Å². The molecule has 1 amide bonds. The van der Waals surface area contributed by atoms with E-state index in [0.717, 1.165) is 0 Å². The third-order valence-corrected chi connectivity index (χ3v) is 4.03. The Morgan fingerprint density at radius 3 is 2.63 bits per heavy atom. The van der Waals surface area contributed by atoms with Crippen molar-refractivity contribution in [2.75, 3.05) is 12.4 Å². The van der Waals surface area contributed by atoms with Gasteiger partial charge in [0.15, 0.2) is 17.6 Å². The number of carbonyl (C=O) groups excluding carboxylic acids is 2. The van der Waals surface area contributed by atoms with Gasteiger partial charge in [-0.3, -0.25) is 4.79 Å². The fraction of sp³-hybridized carbons (Fsp3) is 0.158. The summed E-state index contributed by atoms with van der Waals surface area (Å²) in [7, 11) is 1.42. The molecule has 0 aliphatic heterocycles. The fourth-order valence-corrected chi connectivity index (χ4v) is 2.39. The lowest BCUT2D eigenvalue weighted by Gasteiger charge is -2.13. The Hall–Kier alpha value is -2.70. The first-order valence-electron chi connectivity index (χ1n) is 7.81. The van der Waals surface area contributed by atoms with Crippen molar-refractivity contribution >= 4 is 46.8 Å². The molecule has 2 rings (SSSR count). The summed E-state index contributed by atoms with van der Waals surface area (Å²) in [5.74, 6) is -0.993. The second kappa shape index (κ2) is 9.30. The lowest BCUT2D eigenvalue weighted by Crippen LogP contribution is -2.29. The number of hydrogen-bond acceptors (Lipinski definition) is 5. The minimum atomic E-state index is -1.05. The van der Waals surface area contributed by atoms with Crippen LogP contribution in [0.15, 0.2) is 42.5 Å². The molecule has 8 heteroatoms. The highest BCUT2D eigenvalue weighted by Crippen LogP contribution is 2.27. The van der Waals surface area contributed by atoms with Crippen LogP contribution < -0.4 is 10.1 Å². The predicted molar refractivity (Wildman–Crippen MR) is 104 cm³/mol. The standard InChI is InChI=1S/C19H17Cl2NO5/c1-11(19(25)22-15-10-13(20)5-6-14(15)21)27-18(24)8-4-12-3-7-16(23)17(9-12)26-2/h3-11,23H,1-2H3,(H,22,25)/b8-4+/t11-/m0/s1. The number of amides is 1. The number of anilines is 1. The Morgan fingerprint density at radius 2 is 1.93 bits per heavy atom. The zero-order valence-corrected chi connectivity index (χ0v) is 16.0. The van der Waals surface area contributed by atoms with Crippen LogP contribution in [0.25, 0.3) is 6.08 Å². The van der Waals surface area contributed by atoms with Crippen LogP contribution in [0.5, 0.6) is 11.5 Å². The molecular weight excluding hydrogens is 393 g/mol. The van der Waals surface area contributed by atoms with Gasteiger partial charge in [-0.25, -0.2) is 4.79 Å². The van der Waals surface area contributed by atoms with Gasteiger partial charge >= 0.3 is 5.97 Å². The highest BCUT2D eigenvalue weighted by atomic mass is 35.5. The van der Waals surface area contributed by atoms with Crippen molar-refractivity contribution in [1.82, 2.24) is 0 Å². The number of benzene rings is 2. The number of hydrogen-bond donors (Lipinski definition) is 2. The summed E-state index contributed by atoms with van der Waals surface area (Å²) < 4.78 is 10.1. The van der Waals surface area contributed by atoms with E-state index in [4.69, 9.17) is 32.7 Å². The summed E-state index contributed by atoms with van der Waals surface area (Å²) in [6.07, 6.45) is 1.59. The van der Waals surface area contributed by atoms with Crippen LogP contribution in [-0.4, -0.2) is 30.2 Å². The zero-order chi connectivity index (χ0) is 20.0. The molecule has 142 valence electrons. The van der Waals surface area contributed by atoms with E-state index in [1.54, 1.807) is 24.3 Å². The van der Waals surface area contributed by atoms with E-state index in [2.05, 4.69) is 5.32 Å². The topological polar surface area (TPSA) is 84.9 Å². The minimum absolute atomic E-state index is 0.0119. The van der Waals surface area contributed by atoms with Crippen LogP contribution in [0.1, 0.15) is 12.5 Å². The van der Waals surface area contributed by atoms with Crippen molar-refractivity contribution < 1.29 is 24.2 Å². The van der Waals surface area contributed by atoms with Gasteiger partial charge in [0.05, 0.1) is 17.8 Å². The highest BCUT2D eigenvalue weighted by Gasteiger charge is 2.18. The first-order chi connectivity index (χ1) is 12.8. The van der Waals surface area contributed by atoms with Crippen LogP contribution >= 0.6 is 23.2 Å². The van der Waals surface area contributed by atoms with Gasteiger partial charge in [-0.1, -0.05) is 29.3 Å². The molecule has 2 aromatic carbocycles. The second-order valence-electron chi connectivity index (χ2n) is 5.46. The average molecular weight is 410 g/mol. The molecule has 2 N–H and O–H groups in total. The van der Waals surface area contributed by atoms with Crippen molar-refractivity contribution in [3.8, 4) is 11.5 Å². The summed E-state index contributed by atoms with van der Waals surface area (Å²) in [6, 6.07) is 9.22. The van der Waals surface area contributed by atoms with Crippen LogP contribution in [0.4, 0.5) is 5.69 Å². The number of phenolic OH excluding ortho intramolecular Hbond substituents is 1. The van der Waals surface area contributed by atoms with Crippen molar-refractivity contribution in [2.24, 2.45) is 0 Å². The number of carbonyl (C=O) groups is 2. The van der Waals surface area contributed by atoms with Gasteiger partial charge in [-0.05, 0) is 48.9 Å². The zero-order valence-electron chi connectivity index (χ0n) is 14.5. The van der Waals surface area contributed by atoms with Gasteiger partial charge in [-0.2, -0.15) is 0 Å². The smallest absolute Gasteiger partial charge is 0.331 e. The molecule has 0 fully saturated rings. The Bertz CT molecular complexity index is 882. The van der Waals surface area contributed by atoms with Gasteiger partial charge in [0.25, 0.3) is 5.91 Å². The molecule has 2 aromatic rings. The molecule has 0 bridgehead atoms. The maximum Gasteiger partial charge on any atom is 0.331 e. The van der Waals surface area contributed by atoms with Crippen molar-refractivity contribution in [2.45, 2.75) is 13.0 Å². The number of esters is 1. The van der Waals surface area contributed by atoms with E-state index in [0.29, 0.717) is 21.3 Å². The molecule has 27 heavy (non-hydrogen) atoms. The molecule has 0 aliphatic rings. The van der Waals surface area contributed by atoms with Crippen molar-refractivity contribution in [3.05, 3.63) is 58.1 Å². The molecule has 0 unspecified atom stereocenters. The quantitative estimate of drug-likeness (QED) is 0.548. The van der Waals surface area contributed by atoms with Crippen molar-refractivity contribution in [1.29, 1.82) is 0 Å². The van der Waals surface area contributed by atoms with Gasteiger partial charge < -0.3 is 19.9 Å². The molecule has 0 spiro atoms. The highest BCUT2D eigenvalue weighted by molar-refractivity contribution is 6.35. The third-order valence-electron chi connectivity index (χ3n) is 3.46. The van der Waals surface area contributed by atoms with E-state index in [1.165, 1.54) is 38.3 Å². The van der Waals surface area contributed by atoms with E-state index in [9.17, 15) is 14.7 Å². The number of rotatable bonds is 6. The lowest BCUT2D eigenvalue weighted by molar-refractivity contribution is -0.148. The third kappa shape index (κ3) is 5.91.